The highest BCUT2D eigenvalue weighted by atomic mass is 35.5. The van der Waals surface area contributed by atoms with Crippen LogP contribution in [0.5, 0.6) is 11.5 Å². The summed E-state index contributed by atoms with van der Waals surface area (Å²) < 4.78 is 11.1. The number of amides is 1. The zero-order chi connectivity index (χ0) is 19.5. The van der Waals surface area contributed by atoms with Gasteiger partial charge in [-0.15, -0.1) is 0 Å². The molecule has 0 saturated carbocycles. The Hall–Kier alpha value is -2.44. The third-order valence-corrected chi connectivity index (χ3v) is 5.31. The van der Waals surface area contributed by atoms with E-state index < -0.39 is 0 Å². The summed E-state index contributed by atoms with van der Waals surface area (Å²) in [7, 11) is 0. The Labute approximate surface area is 170 Å². The molecule has 0 aromatic heterocycles. The molecule has 2 aliphatic heterocycles. The molecule has 0 bridgehead atoms. The number of halogens is 1. The number of hydrogen-bond acceptors (Lipinski definition) is 5. The number of fused-ring (bicyclic) bond motifs is 1. The zero-order valence-electron chi connectivity index (χ0n) is 15.9. The fraction of sp³-hybridized carbons (Fsp3) is 0.381. The van der Waals surface area contributed by atoms with Crippen LogP contribution in [0.3, 0.4) is 0 Å². The molecule has 0 radical (unpaired) electrons. The second kappa shape index (κ2) is 8.29. The van der Waals surface area contributed by atoms with Crippen molar-refractivity contribution in [3.05, 3.63) is 47.0 Å². The number of rotatable bonds is 4. The number of piperazine rings is 1. The molecule has 7 heteroatoms. The highest BCUT2D eigenvalue weighted by Crippen LogP contribution is 2.32. The van der Waals surface area contributed by atoms with Crippen LogP contribution in [0.1, 0.15) is 5.56 Å². The van der Waals surface area contributed by atoms with Crippen LogP contribution in [-0.4, -0.2) is 56.7 Å². The largest absolute Gasteiger partial charge is 0.486 e. The summed E-state index contributed by atoms with van der Waals surface area (Å²) in [5.41, 5.74) is 3.12. The topological polar surface area (TPSA) is 54.0 Å². The van der Waals surface area contributed by atoms with Gasteiger partial charge in [0.25, 0.3) is 0 Å². The van der Waals surface area contributed by atoms with Crippen LogP contribution in [0, 0.1) is 6.92 Å². The Morgan fingerprint density at radius 3 is 2.57 bits per heavy atom. The molecule has 6 nitrogen and oxygen atoms in total. The van der Waals surface area contributed by atoms with E-state index in [1.807, 2.05) is 36.4 Å². The van der Waals surface area contributed by atoms with Crippen LogP contribution >= 0.6 is 11.6 Å². The minimum atomic E-state index is -0.0240. The van der Waals surface area contributed by atoms with Crippen LogP contribution < -0.4 is 19.7 Å². The number of nitrogens with zero attached hydrogens (tertiary/aromatic N) is 2. The first kappa shape index (κ1) is 18.9. The number of carbonyl (C=O) groups excluding carboxylic acids is 1. The van der Waals surface area contributed by atoms with Crippen molar-refractivity contribution in [2.45, 2.75) is 6.92 Å². The van der Waals surface area contributed by atoms with Crippen molar-refractivity contribution in [2.75, 3.05) is 56.2 Å². The van der Waals surface area contributed by atoms with Gasteiger partial charge in [-0.1, -0.05) is 17.7 Å². The van der Waals surface area contributed by atoms with Crippen LogP contribution in [0.4, 0.5) is 11.4 Å². The highest BCUT2D eigenvalue weighted by molar-refractivity contribution is 6.30. The van der Waals surface area contributed by atoms with Gasteiger partial charge in [0.05, 0.1) is 6.54 Å². The van der Waals surface area contributed by atoms with Gasteiger partial charge in [0.2, 0.25) is 5.91 Å². The molecule has 0 unspecified atom stereocenters. The van der Waals surface area contributed by atoms with E-state index >= 15 is 0 Å². The lowest BCUT2D eigenvalue weighted by molar-refractivity contribution is -0.117. The number of carbonyl (C=O) groups is 1. The van der Waals surface area contributed by atoms with Gasteiger partial charge in [-0.3, -0.25) is 9.69 Å². The molecule has 0 spiro atoms. The quantitative estimate of drug-likeness (QED) is 0.852. The van der Waals surface area contributed by atoms with E-state index in [2.05, 4.69) is 22.0 Å². The van der Waals surface area contributed by atoms with Crippen molar-refractivity contribution in [3.63, 3.8) is 0 Å². The third-order valence-electron chi connectivity index (χ3n) is 5.08. The predicted octanol–water partition coefficient (Wildman–Crippen LogP) is 3.18. The number of anilines is 2. The summed E-state index contributed by atoms with van der Waals surface area (Å²) in [6.07, 6.45) is 0. The molecule has 1 amide bonds. The zero-order valence-corrected chi connectivity index (χ0v) is 16.7. The van der Waals surface area contributed by atoms with Crippen molar-refractivity contribution < 1.29 is 14.3 Å². The molecule has 1 fully saturated rings. The van der Waals surface area contributed by atoms with Gasteiger partial charge in [0.15, 0.2) is 11.5 Å². The summed E-state index contributed by atoms with van der Waals surface area (Å²) in [4.78, 5) is 16.9. The molecular formula is C21H24ClN3O3. The molecule has 2 heterocycles. The fourth-order valence-corrected chi connectivity index (χ4v) is 3.76. The normalized spacial score (nSPS) is 16.7. The van der Waals surface area contributed by atoms with E-state index in [4.69, 9.17) is 21.1 Å². The smallest absolute Gasteiger partial charge is 0.238 e. The molecule has 0 aliphatic carbocycles. The molecule has 1 saturated heterocycles. The van der Waals surface area contributed by atoms with E-state index in [1.165, 1.54) is 11.3 Å². The lowest BCUT2D eigenvalue weighted by Gasteiger charge is -2.36. The Morgan fingerprint density at radius 2 is 1.79 bits per heavy atom. The average molecular weight is 402 g/mol. The summed E-state index contributed by atoms with van der Waals surface area (Å²) in [6, 6.07) is 11.5. The number of benzene rings is 2. The molecule has 0 atom stereocenters. The third kappa shape index (κ3) is 4.34. The van der Waals surface area contributed by atoms with Gasteiger partial charge in [0, 0.05) is 48.6 Å². The van der Waals surface area contributed by atoms with Crippen molar-refractivity contribution in [1.82, 2.24) is 4.90 Å². The van der Waals surface area contributed by atoms with Gasteiger partial charge in [-0.25, -0.2) is 0 Å². The first-order valence-corrected chi connectivity index (χ1v) is 9.89. The van der Waals surface area contributed by atoms with Crippen molar-refractivity contribution in [2.24, 2.45) is 0 Å². The van der Waals surface area contributed by atoms with E-state index in [9.17, 15) is 4.79 Å². The lowest BCUT2D eigenvalue weighted by atomic mass is 10.1. The van der Waals surface area contributed by atoms with Crippen LogP contribution in [0.15, 0.2) is 36.4 Å². The SMILES string of the molecule is Cc1ccc(Cl)cc1N1CCN(CC(=O)Nc2ccc3c(c2)OCCO3)CC1. The summed E-state index contributed by atoms with van der Waals surface area (Å²) >= 11 is 6.15. The van der Waals surface area contributed by atoms with E-state index in [-0.39, 0.29) is 5.91 Å². The van der Waals surface area contributed by atoms with E-state index in [0.29, 0.717) is 25.5 Å². The van der Waals surface area contributed by atoms with Crippen LogP contribution in [0.2, 0.25) is 5.02 Å². The van der Waals surface area contributed by atoms with Gasteiger partial charge in [-0.05, 0) is 36.8 Å². The molecular weight excluding hydrogens is 378 g/mol. The molecule has 2 aromatic carbocycles. The number of ether oxygens (including phenoxy) is 2. The minimum absolute atomic E-state index is 0.0240. The van der Waals surface area contributed by atoms with Crippen molar-refractivity contribution in [1.29, 1.82) is 0 Å². The van der Waals surface area contributed by atoms with Gasteiger partial charge in [0.1, 0.15) is 13.2 Å². The van der Waals surface area contributed by atoms with E-state index in [1.54, 1.807) is 0 Å². The molecule has 1 N–H and O–H groups in total. The predicted molar refractivity (Wildman–Crippen MR) is 111 cm³/mol. The lowest BCUT2D eigenvalue weighted by Crippen LogP contribution is -2.48. The van der Waals surface area contributed by atoms with Crippen molar-refractivity contribution >= 4 is 28.9 Å². The molecule has 4 rings (SSSR count). The summed E-state index contributed by atoms with van der Waals surface area (Å²) in [5.74, 6) is 1.37. The standard InChI is InChI=1S/C21H24ClN3O3/c1-15-2-3-16(22)12-18(15)25-8-6-24(7-9-25)14-21(26)23-17-4-5-19-20(13-17)28-11-10-27-19/h2-5,12-13H,6-11,14H2,1H3,(H,23,26). The Bertz CT molecular complexity index is 866. The Balaban J connectivity index is 1.30. The van der Waals surface area contributed by atoms with E-state index in [0.717, 1.165) is 42.6 Å². The monoisotopic (exact) mass is 401 g/mol. The fourth-order valence-electron chi connectivity index (χ4n) is 3.59. The maximum atomic E-state index is 12.4. The number of hydrogen-bond donors (Lipinski definition) is 1. The summed E-state index contributed by atoms with van der Waals surface area (Å²) in [6.45, 7) is 6.97. The number of aryl methyl sites for hydroxylation is 1. The molecule has 148 valence electrons. The van der Waals surface area contributed by atoms with Crippen LogP contribution in [-0.2, 0) is 4.79 Å². The second-order valence-corrected chi connectivity index (χ2v) is 7.54. The highest BCUT2D eigenvalue weighted by Gasteiger charge is 2.21. The number of nitrogens with one attached hydrogen (secondary N) is 1. The average Bonchev–Trinajstić information content (AvgIpc) is 2.70. The second-order valence-electron chi connectivity index (χ2n) is 7.10. The van der Waals surface area contributed by atoms with Crippen LogP contribution in [0.25, 0.3) is 0 Å². The van der Waals surface area contributed by atoms with Gasteiger partial charge >= 0.3 is 0 Å². The van der Waals surface area contributed by atoms with Crippen molar-refractivity contribution in [3.8, 4) is 11.5 Å². The maximum Gasteiger partial charge on any atom is 0.238 e. The van der Waals surface area contributed by atoms with Gasteiger partial charge in [-0.2, -0.15) is 0 Å². The Kier molecular flexibility index (Phi) is 5.59. The summed E-state index contributed by atoms with van der Waals surface area (Å²) in [5, 5.41) is 3.70. The molecule has 28 heavy (non-hydrogen) atoms. The maximum absolute atomic E-state index is 12.4. The van der Waals surface area contributed by atoms with Gasteiger partial charge < -0.3 is 19.7 Å². The molecule has 2 aromatic rings. The Morgan fingerprint density at radius 1 is 1.04 bits per heavy atom. The molecule has 2 aliphatic rings. The first-order chi connectivity index (χ1) is 13.6. The first-order valence-electron chi connectivity index (χ1n) is 9.51. The minimum Gasteiger partial charge on any atom is -0.486 e.